The van der Waals surface area contributed by atoms with Crippen molar-refractivity contribution in [2.45, 2.75) is 43.9 Å². The molecule has 0 aliphatic heterocycles. The van der Waals surface area contributed by atoms with Gasteiger partial charge in [0.15, 0.2) is 0 Å². The van der Waals surface area contributed by atoms with E-state index in [2.05, 4.69) is 10.3 Å². The molecule has 1 saturated carbocycles. The quantitative estimate of drug-likeness (QED) is 0.599. The van der Waals surface area contributed by atoms with Gasteiger partial charge in [0.05, 0.1) is 17.1 Å². The third-order valence-corrected chi connectivity index (χ3v) is 5.22. The highest BCUT2D eigenvalue weighted by Crippen LogP contribution is 2.23. The Bertz CT molecular complexity index is 679. The van der Waals surface area contributed by atoms with Crippen LogP contribution in [0, 0.1) is 5.92 Å². The van der Waals surface area contributed by atoms with Crippen molar-refractivity contribution in [2.24, 2.45) is 5.92 Å². The molecule has 0 bridgehead atoms. The van der Waals surface area contributed by atoms with Gasteiger partial charge in [-0.25, -0.2) is 13.2 Å². The number of sulfonamides is 1. The van der Waals surface area contributed by atoms with E-state index in [-0.39, 0.29) is 28.9 Å². The second-order valence-corrected chi connectivity index (χ2v) is 7.36. The number of hydrazine groups is 1. The molecular weight excluding hydrogens is 332 g/mol. The smallest absolute Gasteiger partial charge is 0.338 e. The van der Waals surface area contributed by atoms with E-state index in [0.29, 0.717) is 0 Å². The maximum Gasteiger partial charge on any atom is 0.338 e. The van der Waals surface area contributed by atoms with Crippen LogP contribution >= 0.6 is 0 Å². The summed E-state index contributed by atoms with van der Waals surface area (Å²) in [7, 11) is -3.88. The van der Waals surface area contributed by atoms with Gasteiger partial charge in [0.1, 0.15) is 0 Å². The Labute approximate surface area is 141 Å². The fraction of sp³-hybridized carbons (Fsp3) is 0.500. The van der Waals surface area contributed by atoms with Crippen molar-refractivity contribution < 1.29 is 22.7 Å². The second kappa shape index (κ2) is 8.25. The lowest BCUT2D eigenvalue weighted by Gasteiger charge is -2.20. The fourth-order valence-electron chi connectivity index (χ4n) is 2.63. The van der Waals surface area contributed by atoms with Crippen LogP contribution in [0.5, 0.6) is 0 Å². The van der Waals surface area contributed by atoms with Gasteiger partial charge in [-0.15, -0.1) is 4.83 Å². The average molecular weight is 354 g/mol. The van der Waals surface area contributed by atoms with Crippen molar-refractivity contribution in [2.75, 3.05) is 6.61 Å². The average Bonchev–Trinajstić information content (AvgIpc) is 2.61. The molecule has 2 N–H and O–H groups in total. The Kier molecular flexibility index (Phi) is 6.33. The van der Waals surface area contributed by atoms with Crippen LogP contribution in [0.1, 0.15) is 49.4 Å². The summed E-state index contributed by atoms with van der Waals surface area (Å²) < 4.78 is 29.2. The van der Waals surface area contributed by atoms with Gasteiger partial charge in [-0.05, 0) is 44.0 Å². The number of hydrogen-bond donors (Lipinski definition) is 2. The molecule has 1 aliphatic carbocycles. The van der Waals surface area contributed by atoms with Crippen LogP contribution in [-0.4, -0.2) is 26.9 Å². The number of ether oxygens (including phenoxy) is 1. The van der Waals surface area contributed by atoms with Crippen molar-refractivity contribution in [3.8, 4) is 0 Å². The highest BCUT2D eigenvalue weighted by molar-refractivity contribution is 7.89. The number of rotatable bonds is 6. The summed E-state index contributed by atoms with van der Waals surface area (Å²) in [6.07, 6.45) is 4.65. The SMILES string of the molecule is CCOC(=O)c1ccc(S(=O)(=O)NNC(=O)C2CCCCC2)cc1. The molecule has 0 aromatic heterocycles. The topological polar surface area (TPSA) is 102 Å². The standard InChI is InChI=1S/C16H22N2O5S/c1-2-23-16(20)13-8-10-14(11-9-13)24(21,22)18-17-15(19)12-6-4-3-5-7-12/h8-12,18H,2-7H2,1H3,(H,17,19). The molecule has 1 aliphatic rings. The van der Waals surface area contributed by atoms with Gasteiger partial charge in [-0.2, -0.15) is 0 Å². The number of esters is 1. The molecule has 0 atom stereocenters. The largest absolute Gasteiger partial charge is 0.462 e. The molecule has 0 radical (unpaired) electrons. The van der Waals surface area contributed by atoms with Crippen molar-refractivity contribution in [3.05, 3.63) is 29.8 Å². The molecule has 0 spiro atoms. The van der Waals surface area contributed by atoms with Crippen LogP contribution in [0.4, 0.5) is 0 Å². The normalized spacial score (nSPS) is 15.7. The monoisotopic (exact) mass is 354 g/mol. The summed E-state index contributed by atoms with van der Waals surface area (Å²) >= 11 is 0. The number of amides is 1. The lowest BCUT2D eigenvalue weighted by molar-refractivity contribution is -0.126. The molecule has 132 valence electrons. The van der Waals surface area contributed by atoms with Crippen molar-refractivity contribution in [3.63, 3.8) is 0 Å². The van der Waals surface area contributed by atoms with Gasteiger partial charge in [-0.3, -0.25) is 10.2 Å². The van der Waals surface area contributed by atoms with Gasteiger partial charge < -0.3 is 4.74 Å². The third kappa shape index (κ3) is 4.78. The highest BCUT2D eigenvalue weighted by atomic mass is 32.2. The Hall–Kier alpha value is -1.93. The zero-order valence-corrected chi connectivity index (χ0v) is 14.4. The Morgan fingerprint density at radius 1 is 1.12 bits per heavy atom. The molecule has 1 fully saturated rings. The van der Waals surface area contributed by atoms with Crippen LogP contribution in [-0.2, 0) is 19.6 Å². The molecule has 7 nitrogen and oxygen atoms in total. The lowest BCUT2D eigenvalue weighted by atomic mass is 9.89. The van der Waals surface area contributed by atoms with Crippen molar-refractivity contribution in [1.82, 2.24) is 10.3 Å². The van der Waals surface area contributed by atoms with Crippen LogP contribution in [0.25, 0.3) is 0 Å². The van der Waals surface area contributed by atoms with Gasteiger partial charge >= 0.3 is 5.97 Å². The minimum atomic E-state index is -3.88. The van der Waals surface area contributed by atoms with E-state index in [1.807, 2.05) is 0 Å². The Balaban J connectivity index is 1.96. The van der Waals surface area contributed by atoms with Gasteiger partial charge in [0.2, 0.25) is 5.91 Å². The summed E-state index contributed by atoms with van der Waals surface area (Å²) in [4.78, 5) is 25.6. The molecule has 0 heterocycles. The maximum atomic E-state index is 12.2. The molecule has 2 rings (SSSR count). The van der Waals surface area contributed by atoms with Gasteiger partial charge in [-0.1, -0.05) is 19.3 Å². The molecule has 8 heteroatoms. The number of benzene rings is 1. The van der Waals surface area contributed by atoms with E-state index in [4.69, 9.17) is 4.74 Å². The zero-order chi connectivity index (χ0) is 17.6. The maximum absolute atomic E-state index is 12.2. The third-order valence-electron chi connectivity index (χ3n) is 3.96. The molecular formula is C16H22N2O5S. The fourth-order valence-corrected chi connectivity index (χ4v) is 3.48. The molecule has 1 aromatic rings. The van der Waals surface area contributed by atoms with E-state index in [1.165, 1.54) is 24.3 Å². The molecule has 0 saturated heterocycles. The summed E-state index contributed by atoms with van der Waals surface area (Å²) in [6.45, 7) is 1.93. The van der Waals surface area contributed by atoms with Crippen LogP contribution in [0.3, 0.4) is 0 Å². The predicted octanol–water partition coefficient (Wildman–Crippen LogP) is 1.75. The molecule has 0 unspecified atom stereocenters. The van der Waals surface area contributed by atoms with E-state index in [0.717, 1.165) is 32.1 Å². The van der Waals surface area contributed by atoms with Crippen LogP contribution in [0.2, 0.25) is 0 Å². The Morgan fingerprint density at radius 3 is 2.33 bits per heavy atom. The summed E-state index contributed by atoms with van der Waals surface area (Å²) in [5.74, 6) is -0.964. The van der Waals surface area contributed by atoms with E-state index < -0.39 is 16.0 Å². The number of hydrogen-bond acceptors (Lipinski definition) is 5. The summed E-state index contributed by atoms with van der Waals surface area (Å²) in [5, 5.41) is 0. The van der Waals surface area contributed by atoms with Crippen molar-refractivity contribution in [1.29, 1.82) is 0 Å². The predicted molar refractivity (Wildman–Crippen MR) is 87.4 cm³/mol. The van der Waals surface area contributed by atoms with E-state index >= 15 is 0 Å². The molecule has 24 heavy (non-hydrogen) atoms. The minimum absolute atomic E-state index is 0.0421. The molecule has 1 amide bonds. The van der Waals surface area contributed by atoms with E-state index in [1.54, 1.807) is 6.92 Å². The lowest BCUT2D eigenvalue weighted by Crippen LogP contribution is -2.44. The number of carbonyl (C=O) groups excluding carboxylic acids is 2. The first-order chi connectivity index (χ1) is 11.4. The van der Waals surface area contributed by atoms with Crippen LogP contribution in [0.15, 0.2) is 29.2 Å². The van der Waals surface area contributed by atoms with E-state index in [9.17, 15) is 18.0 Å². The van der Waals surface area contributed by atoms with Gasteiger partial charge in [0, 0.05) is 5.92 Å². The number of carbonyl (C=O) groups is 2. The summed E-state index contributed by atoms with van der Waals surface area (Å²) in [6, 6.07) is 5.33. The molecule has 1 aromatic carbocycles. The first-order valence-corrected chi connectivity index (χ1v) is 9.51. The highest BCUT2D eigenvalue weighted by Gasteiger charge is 2.23. The summed E-state index contributed by atoms with van der Waals surface area (Å²) in [5.41, 5.74) is 2.55. The number of nitrogens with one attached hydrogen (secondary N) is 2. The Morgan fingerprint density at radius 2 is 1.75 bits per heavy atom. The minimum Gasteiger partial charge on any atom is -0.462 e. The first-order valence-electron chi connectivity index (χ1n) is 8.03. The second-order valence-electron chi connectivity index (χ2n) is 5.67. The van der Waals surface area contributed by atoms with Crippen LogP contribution < -0.4 is 10.3 Å². The van der Waals surface area contributed by atoms with Gasteiger partial charge in [0.25, 0.3) is 10.0 Å². The first kappa shape index (κ1) is 18.4. The van der Waals surface area contributed by atoms with Crippen molar-refractivity contribution >= 4 is 21.9 Å². The zero-order valence-electron chi connectivity index (χ0n) is 13.6.